The van der Waals surface area contributed by atoms with E-state index < -0.39 is 12.1 Å². The number of amides is 3. The molecule has 2 aliphatic heterocycles. The van der Waals surface area contributed by atoms with Gasteiger partial charge in [0.2, 0.25) is 11.8 Å². The Morgan fingerprint density at radius 3 is 1.76 bits per heavy atom. The zero-order valence-corrected chi connectivity index (χ0v) is 28.4. The zero-order valence-electron chi connectivity index (χ0n) is 28.4. The van der Waals surface area contributed by atoms with E-state index in [-0.39, 0.29) is 29.8 Å². The SMILES string of the molecule is COC(=O)NC(C(=O)N1CCC[C@H]1c1ncc(-c2ccc(-c3ccc(-c4cnc([C@@H]5CCCN5C(=O)CC(C)C)[nH]4)cc3)cc2)[nH]1)C1CC1. The number of H-pyrrole nitrogens is 2. The monoisotopic (exact) mass is 663 g/mol. The molecule has 49 heavy (non-hydrogen) atoms. The highest BCUT2D eigenvalue weighted by Gasteiger charge is 2.43. The minimum absolute atomic E-state index is 0.0124. The van der Waals surface area contributed by atoms with Gasteiger partial charge in [-0.05, 0) is 72.6 Å². The van der Waals surface area contributed by atoms with Crippen LogP contribution in [0.5, 0.6) is 0 Å². The second-order valence-corrected chi connectivity index (χ2v) is 14.0. The van der Waals surface area contributed by atoms with Crippen molar-refractivity contribution in [2.24, 2.45) is 11.8 Å². The molecule has 11 heteroatoms. The fourth-order valence-electron chi connectivity index (χ4n) is 7.30. The number of aromatic amines is 2. The molecule has 0 radical (unpaired) electrons. The van der Waals surface area contributed by atoms with Gasteiger partial charge in [-0.15, -0.1) is 0 Å². The third-order valence-corrected chi connectivity index (χ3v) is 10.1. The van der Waals surface area contributed by atoms with Gasteiger partial charge in [0.05, 0.1) is 43.0 Å². The Hall–Kier alpha value is -4.93. The fraction of sp³-hybridized carbons (Fsp3) is 0.447. The van der Waals surface area contributed by atoms with Gasteiger partial charge in [0, 0.05) is 19.5 Å². The van der Waals surface area contributed by atoms with Gasteiger partial charge in [-0.3, -0.25) is 9.59 Å². The first-order valence-corrected chi connectivity index (χ1v) is 17.5. The smallest absolute Gasteiger partial charge is 0.407 e. The van der Waals surface area contributed by atoms with Gasteiger partial charge in [0.15, 0.2) is 0 Å². The molecule has 1 unspecified atom stereocenters. The lowest BCUT2D eigenvalue weighted by atomic mass is 10.0. The maximum Gasteiger partial charge on any atom is 0.407 e. The summed E-state index contributed by atoms with van der Waals surface area (Å²) in [6.07, 6.45) is 9.18. The first-order valence-electron chi connectivity index (χ1n) is 17.5. The van der Waals surface area contributed by atoms with Crippen molar-refractivity contribution in [2.45, 2.75) is 76.9 Å². The second-order valence-electron chi connectivity index (χ2n) is 14.0. The molecule has 256 valence electrons. The van der Waals surface area contributed by atoms with Crippen LogP contribution in [0.4, 0.5) is 4.79 Å². The van der Waals surface area contributed by atoms with E-state index in [2.05, 4.69) is 87.6 Å². The van der Waals surface area contributed by atoms with Crippen LogP contribution in [-0.4, -0.2) is 73.9 Å². The molecule has 4 heterocycles. The molecule has 3 atom stereocenters. The number of carbonyl (C=O) groups is 3. The highest BCUT2D eigenvalue weighted by Crippen LogP contribution is 2.38. The van der Waals surface area contributed by atoms with Gasteiger partial charge in [-0.2, -0.15) is 0 Å². The van der Waals surface area contributed by atoms with Gasteiger partial charge < -0.3 is 29.8 Å². The Bertz CT molecular complexity index is 1790. The number of aromatic nitrogens is 4. The first-order chi connectivity index (χ1) is 23.8. The van der Waals surface area contributed by atoms with Gasteiger partial charge in [0.1, 0.15) is 17.7 Å². The van der Waals surface area contributed by atoms with E-state index >= 15 is 0 Å². The van der Waals surface area contributed by atoms with Crippen LogP contribution in [0.2, 0.25) is 0 Å². The van der Waals surface area contributed by atoms with Crippen LogP contribution in [0.1, 0.15) is 82.5 Å². The number of carbonyl (C=O) groups excluding carboxylic acids is 3. The summed E-state index contributed by atoms with van der Waals surface area (Å²) in [6.45, 7) is 5.59. The van der Waals surface area contributed by atoms with Crippen molar-refractivity contribution < 1.29 is 19.1 Å². The number of benzene rings is 2. The number of hydrogen-bond acceptors (Lipinski definition) is 6. The number of alkyl carbamates (subject to hydrolysis) is 1. The minimum Gasteiger partial charge on any atom is -0.453 e. The van der Waals surface area contributed by atoms with Crippen LogP contribution in [0, 0.1) is 11.8 Å². The molecule has 1 saturated carbocycles. The lowest BCUT2D eigenvalue weighted by Gasteiger charge is -2.28. The van der Waals surface area contributed by atoms with Gasteiger partial charge >= 0.3 is 6.09 Å². The van der Waals surface area contributed by atoms with Crippen molar-refractivity contribution in [3.63, 3.8) is 0 Å². The molecule has 0 bridgehead atoms. The standard InChI is InChI=1S/C38H45N7O4/c1-23(2)20-33(46)44-18-4-6-31(44)35-39-21-29(41-35)26-12-8-24(9-13-26)25-10-14-27(15-11-25)30-22-40-36(42-30)32-7-5-19-45(32)37(47)34(28-16-17-28)43-38(48)49-3/h8-15,21-23,28,31-32,34H,4-7,16-20H2,1-3H3,(H,39,41)(H,40,42)(H,43,48)/t31-,32-,34?/m0/s1. The van der Waals surface area contributed by atoms with E-state index in [1.54, 1.807) is 0 Å². The zero-order chi connectivity index (χ0) is 34.1. The number of ether oxygens (including phenoxy) is 1. The number of likely N-dealkylation sites (tertiary alicyclic amines) is 2. The van der Waals surface area contributed by atoms with Gasteiger partial charge in [-0.1, -0.05) is 62.4 Å². The lowest BCUT2D eigenvalue weighted by molar-refractivity contribution is -0.135. The van der Waals surface area contributed by atoms with Crippen molar-refractivity contribution in [3.05, 3.63) is 72.6 Å². The summed E-state index contributed by atoms with van der Waals surface area (Å²) in [5, 5.41) is 2.76. The third kappa shape index (κ3) is 6.97. The highest BCUT2D eigenvalue weighted by molar-refractivity contribution is 5.87. The van der Waals surface area contributed by atoms with Crippen LogP contribution >= 0.6 is 0 Å². The van der Waals surface area contributed by atoms with Crippen molar-refractivity contribution in [3.8, 4) is 33.6 Å². The summed E-state index contributed by atoms with van der Waals surface area (Å²) in [5.41, 5.74) is 6.10. The van der Waals surface area contributed by atoms with Crippen molar-refractivity contribution in [2.75, 3.05) is 20.2 Å². The average molecular weight is 664 g/mol. The topological polar surface area (TPSA) is 136 Å². The number of hydrogen-bond donors (Lipinski definition) is 3. The molecule has 4 aromatic rings. The number of nitrogens with zero attached hydrogens (tertiary/aromatic N) is 4. The van der Waals surface area contributed by atoms with Crippen LogP contribution in [0.3, 0.4) is 0 Å². The molecular weight excluding hydrogens is 618 g/mol. The highest BCUT2D eigenvalue weighted by atomic mass is 16.5. The molecule has 3 N–H and O–H groups in total. The molecule has 1 aliphatic carbocycles. The van der Waals surface area contributed by atoms with E-state index in [9.17, 15) is 14.4 Å². The summed E-state index contributed by atoms with van der Waals surface area (Å²) in [6, 6.07) is 16.1. The van der Waals surface area contributed by atoms with Crippen LogP contribution < -0.4 is 5.32 Å². The molecule has 3 amide bonds. The van der Waals surface area contributed by atoms with Crippen molar-refractivity contribution >= 4 is 17.9 Å². The Morgan fingerprint density at radius 1 is 0.776 bits per heavy atom. The summed E-state index contributed by atoms with van der Waals surface area (Å²) < 4.78 is 4.78. The normalized spacial score (nSPS) is 19.8. The molecule has 2 aromatic carbocycles. The first kappa shape index (κ1) is 32.6. The summed E-state index contributed by atoms with van der Waals surface area (Å²) >= 11 is 0. The summed E-state index contributed by atoms with van der Waals surface area (Å²) in [7, 11) is 1.32. The van der Waals surface area contributed by atoms with E-state index in [0.717, 1.165) is 90.4 Å². The molecular formula is C38H45N7O4. The Balaban J connectivity index is 1.00. The van der Waals surface area contributed by atoms with E-state index in [1.165, 1.54) is 7.11 Å². The molecule has 0 spiro atoms. The van der Waals surface area contributed by atoms with Crippen LogP contribution in [-0.2, 0) is 14.3 Å². The number of imidazole rings is 2. The molecule has 3 aliphatic rings. The third-order valence-electron chi connectivity index (χ3n) is 10.1. The maximum absolute atomic E-state index is 13.5. The Labute approximate surface area is 286 Å². The second kappa shape index (κ2) is 13.9. The van der Waals surface area contributed by atoms with Crippen LogP contribution in [0.15, 0.2) is 60.9 Å². The van der Waals surface area contributed by atoms with E-state index in [0.29, 0.717) is 18.9 Å². The quantitative estimate of drug-likeness (QED) is 0.174. The average Bonchev–Trinajstić information content (AvgIpc) is 3.59. The predicted molar refractivity (Wildman–Crippen MR) is 186 cm³/mol. The Morgan fingerprint density at radius 2 is 1.27 bits per heavy atom. The number of rotatable bonds is 10. The maximum atomic E-state index is 13.5. The minimum atomic E-state index is -0.574. The van der Waals surface area contributed by atoms with Gasteiger partial charge in [-0.25, -0.2) is 14.8 Å². The largest absolute Gasteiger partial charge is 0.453 e. The molecule has 2 saturated heterocycles. The molecule has 2 aromatic heterocycles. The summed E-state index contributed by atoms with van der Waals surface area (Å²) in [4.78, 5) is 58.4. The Kier molecular flexibility index (Phi) is 9.25. The predicted octanol–water partition coefficient (Wildman–Crippen LogP) is 6.64. The van der Waals surface area contributed by atoms with Crippen molar-refractivity contribution in [1.29, 1.82) is 0 Å². The number of methoxy groups -OCH3 is 1. The van der Waals surface area contributed by atoms with E-state index in [4.69, 9.17) is 4.74 Å². The van der Waals surface area contributed by atoms with E-state index in [1.807, 2.05) is 22.2 Å². The summed E-state index contributed by atoms with van der Waals surface area (Å²) in [5.74, 6) is 2.26. The fourth-order valence-corrected chi connectivity index (χ4v) is 7.30. The lowest BCUT2D eigenvalue weighted by Crippen LogP contribution is -2.49. The molecule has 3 fully saturated rings. The van der Waals surface area contributed by atoms with Crippen LogP contribution in [0.25, 0.3) is 33.6 Å². The van der Waals surface area contributed by atoms with Crippen molar-refractivity contribution in [1.82, 2.24) is 35.1 Å². The molecule has 11 nitrogen and oxygen atoms in total. The molecule has 7 rings (SSSR count). The van der Waals surface area contributed by atoms with Gasteiger partial charge in [0.25, 0.3) is 0 Å². The number of nitrogens with one attached hydrogen (secondary N) is 3.